The molecule has 1 N–H and O–H groups in total. The summed E-state index contributed by atoms with van der Waals surface area (Å²) in [6.45, 7) is 3.93. The molecular formula is C25H26N4O2. The summed E-state index contributed by atoms with van der Waals surface area (Å²) >= 11 is 0. The average Bonchev–Trinajstić information content (AvgIpc) is 3.02. The van der Waals surface area contributed by atoms with Gasteiger partial charge in [0.2, 0.25) is 5.91 Å². The molecule has 158 valence electrons. The minimum Gasteiger partial charge on any atom is -0.324 e. The van der Waals surface area contributed by atoms with Crippen molar-refractivity contribution in [2.75, 3.05) is 11.9 Å². The van der Waals surface area contributed by atoms with Crippen LogP contribution in [0.4, 0.5) is 5.69 Å². The predicted octanol–water partition coefficient (Wildman–Crippen LogP) is 4.11. The number of benzene rings is 2. The number of carbonyl (C=O) groups excluding carboxylic acids is 2. The van der Waals surface area contributed by atoms with Gasteiger partial charge in [-0.3, -0.25) is 14.6 Å². The Kier molecular flexibility index (Phi) is 5.60. The Hall–Kier alpha value is -3.46. The summed E-state index contributed by atoms with van der Waals surface area (Å²) in [5.41, 5.74) is 3.82. The van der Waals surface area contributed by atoms with E-state index in [9.17, 15) is 9.59 Å². The summed E-state index contributed by atoms with van der Waals surface area (Å²) in [6.07, 6.45) is 4.59. The highest BCUT2D eigenvalue weighted by Crippen LogP contribution is 2.39. The molecule has 0 unspecified atom stereocenters. The zero-order valence-corrected chi connectivity index (χ0v) is 17.9. The molecule has 1 saturated carbocycles. The zero-order chi connectivity index (χ0) is 22.0. The summed E-state index contributed by atoms with van der Waals surface area (Å²) in [6, 6.07) is 14.8. The van der Waals surface area contributed by atoms with Gasteiger partial charge in [-0.1, -0.05) is 36.2 Å². The van der Waals surface area contributed by atoms with Crippen LogP contribution in [0.2, 0.25) is 0 Å². The molecule has 0 atom stereocenters. The fourth-order valence-corrected chi connectivity index (χ4v) is 4.53. The fraction of sp³-hybridized carbons (Fsp3) is 0.360. The molecule has 0 radical (unpaired) electrons. The van der Waals surface area contributed by atoms with Crippen LogP contribution >= 0.6 is 0 Å². The lowest BCUT2D eigenvalue weighted by Gasteiger charge is -2.38. The van der Waals surface area contributed by atoms with Crippen molar-refractivity contribution in [3.05, 3.63) is 64.7 Å². The van der Waals surface area contributed by atoms with E-state index in [2.05, 4.69) is 11.4 Å². The Morgan fingerprint density at radius 1 is 1.13 bits per heavy atom. The summed E-state index contributed by atoms with van der Waals surface area (Å²) in [4.78, 5) is 32.8. The number of aliphatic imine (C=N–C) groups is 1. The maximum Gasteiger partial charge on any atom is 0.275 e. The van der Waals surface area contributed by atoms with Gasteiger partial charge in [-0.15, -0.1) is 0 Å². The number of aryl methyl sites for hydroxylation is 2. The van der Waals surface area contributed by atoms with E-state index in [1.165, 1.54) is 0 Å². The van der Waals surface area contributed by atoms with Crippen molar-refractivity contribution in [1.29, 1.82) is 5.26 Å². The van der Waals surface area contributed by atoms with Crippen molar-refractivity contribution in [2.24, 2.45) is 4.99 Å². The highest BCUT2D eigenvalue weighted by molar-refractivity contribution is 6.47. The van der Waals surface area contributed by atoms with E-state index >= 15 is 0 Å². The van der Waals surface area contributed by atoms with E-state index in [1.807, 2.05) is 32.0 Å². The maximum absolute atomic E-state index is 13.4. The number of hydrogen-bond donors (Lipinski definition) is 1. The third-order valence-corrected chi connectivity index (χ3v) is 6.17. The summed E-state index contributed by atoms with van der Waals surface area (Å²) in [5.74, 6) is -0.441. The Balaban J connectivity index is 1.59. The topological polar surface area (TPSA) is 85.6 Å². The number of rotatable bonds is 4. The molecule has 1 aliphatic carbocycles. The van der Waals surface area contributed by atoms with Crippen molar-refractivity contribution in [3.63, 3.8) is 0 Å². The van der Waals surface area contributed by atoms with Crippen LogP contribution in [0.25, 0.3) is 0 Å². The molecule has 0 aromatic heterocycles. The van der Waals surface area contributed by atoms with Crippen LogP contribution in [0.5, 0.6) is 0 Å². The largest absolute Gasteiger partial charge is 0.324 e. The standard InChI is InChI=1S/C25H26N4O2/c1-17-6-11-21(18(2)14-17)27-22(30)16-29-24(31)23(20-9-7-19(15-26)8-10-20)28-25(29)12-4-3-5-13-25/h6-11,14H,3-5,12-13,16H2,1-2H3,(H,27,30). The summed E-state index contributed by atoms with van der Waals surface area (Å²) in [7, 11) is 0. The van der Waals surface area contributed by atoms with Crippen molar-refractivity contribution in [2.45, 2.75) is 51.6 Å². The van der Waals surface area contributed by atoms with E-state index < -0.39 is 5.66 Å². The molecule has 1 fully saturated rings. The highest BCUT2D eigenvalue weighted by atomic mass is 16.2. The fourth-order valence-electron chi connectivity index (χ4n) is 4.53. The molecule has 1 aliphatic heterocycles. The number of carbonyl (C=O) groups is 2. The highest BCUT2D eigenvalue weighted by Gasteiger charge is 2.48. The van der Waals surface area contributed by atoms with E-state index in [1.54, 1.807) is 29.2 Å². The molecule has 0 saturated heterocycles. The third kappa shape index (κ3) is 4.09. The van der Waals surface area contributed by atoms with Crippen molar-refractivity contribution in [1.82, 2.24) is 4.90 Å². The van der Waals surface area contributed by atoms with Crippen LogP contribution in [0.1, 0.15) is 54.4 Å². The molecule has 2 aliphatic rings. The van der Waals surface area contributed by atoms with E-state index in [-0.39, 0.29) is 18.4 Å². The van der Waals surface area contributed by atoms with Gasteiger partial charge >= 0.3 is 0 Å². The van der Waals surface area contributed by atoms with Gasteiger partial charge in [0.15, 0.2) is 0 Å². The number of nitriles is 1. The normalized spacial score (nSPS) is 17.4. The molecule has 2 aromatic carbocycles. The molecule has 2 amide bonds. The minimum atomic E-state index is -0.655. The first-order chi connectivity index (χ1) is 14.9. The van der Waals surface area contributed by atoms with Gasteiger partial charge in [0.1, 0.15) is 17.9 Å². The lowest BCUT2D eigenvalue weighted by atomic mass is 9.88. The molecule has 31 heavy (non-hydrogen) atoms. The molecular weight excluding hydrogens is 388 g/mol. The second-order valence-electron chi connectivity index (χ2n) is 8.45. The summed E-state index contributed by atoms with van der Waals surface area (Å²) < 4.78 is 0. The number of amides is 2. The van der Waals surface area contributed by atoms with Crippen LogP contribution in [0.3, 0.4) is 0 Å². The molecule has 2 aromatic rings. The second-order valence-corrected chi connectivity index (χ2v) is 8.45. The van der Waals surface area contributed by atoms with Gasteiger partial charge < -0.3 is 10.2 Å². The summed E-state index contributed by atoms with van der Waals surface area (Å²) in [5, 5.41) is 12.0. The Morgan fingerprint density at radius 2 is 1.84 bits per heavy atom. The molecule has 0 bridgehead atoms. The van der Waals surface area contributed by atoms with Crippen molar-refractivity contribution in [3.8, 4) is 6.07 Å². The Labute approximate surface area is 182 Å². The predicted molar refractivity (Wildman–Crippen MR) is 120 cm³/mol. The minimum absolute atomic E-state index is 0.0323. The third-order valence-electron chi connectivity index (χ3n) is 6.17. The van der Waals surface area contributed by atoms with E-state index in [0.717, 1.165) is 48.9 Å². The lowest BCUT2D eigenvalue weighted by Crippen LogP contribution is -2.51. The van der Waals surface area contributed by atoms with Crippen LogP contribution < -0.4 is 5.32 Å². The molecule has 6 heteroatoms. The van der Waals surface area contributed by atoms with Crippen molar-refractivity contribution >= 4 is 23.2 Å². The number of hydrogen-bond acceptors (Lipinski definition) is 4. The number of nitrogens with one attached hydrogen (secondary N) is 1. The Bertz CT molecular complexity index is 1090. The quantitative estimate of drug-likeness (QED) is 0.817. The van der Waals surface area contributed by atoms with Gasteiger partial charge in [-0.05, 0) is 63.3 Å². The first-order valence-corrected chi connectivity index (χ1v) is 10.7. The number of anilines is 1. The zero-order valence-electron chi connectivity index (χ0n) is 17.9. The van der Waals surface area contributed by atoms with E-state index in [4.69, 9.17) is 10.3 Å². The van der Waals surface area contributed by atoms with Crippen LogP contribution in [-0.4, -0.2) is 34.6 Å². The van der Waals surface area contributed by atoms with E-state index in [0.29, 0.717) is 16.8 Å². The van der Waals surface area contributed by atoms with Crippen molar-refractivity contribution < 1.29 is 9.59 Å². The van der Waals surface area contributed by atoms with Crippen LogP contribution in [-0.2, 0) is 9.59 Å². The van der Waals surface area contributed by atoms with Gasteiger partial charge in [0.25, 0.3) is 5.91 Å². The van der Waals surface area contributed by atoms with Crippen LogP contribution in [0.15, 0.2) is 47.5 Å². The SMILES string of the molecule is Cc1ccc(NC(=O)CN2C(=O)C(c3ccc(C#N)cc3)=NC23CCCCC3)c(C)c1. The smallest absolute Gasteiger partial charge is 0.275 e. The van der Waals surface area contributed by atoms with Gasteiger partial charge in [0, 0.05) is 11.3 Å². The molecule has 4 rings (SSSR count). The molecule has 1 spiro atoms. The second kappa shape index (κ2) is 8.35. The first-order valence-electron chi connectivity index (χ1n) is 10.7. The maximum atomic E-state index is 13.4. The average molecular weight is 415 g/mol. The Morgan fingerprint density at radius 3 is 2.48 bits per heavy atom. The monoisotopic (exact) mass is 414 g/mol. The first kappa shape index (κ1) is 20.8. The molecule has 1 heterocycles. The number of nitrogens with zero attached hydrogens (tertiary/aromatic N) is 3. The van der Waals surface area contributed by atoms with Gasteiger partial charge in [0.05, 0.1) is 11.6 Å². The van der Waals surface area contributed by atoms with Gasteiger partial charge in [-0.2, -0.15) is 5.26 Å². The lowest BCUT2D eigenvalue weighted by molar-refractivity contribution is -0.134. The van der Waals surface area contributed by atoms with Gasteiger partial charge in [-0.25, -0.2) is 0 Å². The molecule has 6 nitrogen and oxygen atoms in total. The van der Waals surface area contributed by atoms with Crippen LogP contribution in [0, 0.1) is 25.2 Å².